The summed E-state index contributed by atoms with van der Waals surface area (Å²) < 4.78 is 0.750. The van der Waals surface area contributed by atoms with E-state index in [2.05, 4.69) is 4.98 Å². The molecule has 2 heterocycles. The smallest absolute Gasteiger partial charge is 0.347 e. The Kier molecular flexibility index (Phi) is 3.89. The second-order valence-corrected chi connectivity index (χ2v) is 6.56. The molecule has 0 amide bonds. The topological polar surface area (TPSA) is 53.4 Å². The van der Waals surface area contributed by atoms with Gasteiger partial charge in [-0.2, -0.15) is 0 Å². The van der Waals surface area contributed by atoms with Crippen LogP contribution in [0.2, 0.25) is 4.34 Å². The minimum Gasteiger partial charge on any atom is -0.477 e. The second kappa shape index (κ2) is 5.26. The first kappa shape index (κ1) is 13.3. The predicted molar refractivity (Wildman–Crippen MR) is 75.2 cm³/mol. The lowest BCUT2D eigenvalue weighted by Gasteiger charge is -2.13. The molecule has 0 fully saturated rings. The fourth-order valence-electron chi connectivity index (χ4n) is 1.48. The molecule has 0 spiro atoms. The Morgan fingerprint density at radius 2 is 2.22 bits per heavy atom. The molecule has 0 bridgehead atoms. The molecule has 2 rings (SSSR count). The molecule has 4 nitrogen and oxygen atoms in total. The number of nitrogens with zero attached hydrogens (tertiary/aromatic N) is 2. The molecule has 1 N–H and O–H groups in total. The Morgan fingerprint density at radius 1 is 1.50 bits per heavy atom. The van der Waals surface area contributed by atoms with E-state index in [1.165, 1.54) is 22.7 Å². The Morgan fingerprint density at radius 3 is 2.72 bits per heavy atom. The Labute approximate surface area is 117 Å². The lowest BCUT2D eigenvalue weighted by Crippen LogP contribution is -2.15. The number of aromatic carboxylic acids is 1. The van der Waals surface area contributed by atoms with Crippen molar-refractivity contribution in [2.24, 2.45) is 0 Å². The number of carboxylic acid groups (broad SMARTS) is 1. The van der Waals surface area contributed by atoms with Crippen LogP contribution in [0.1, 0.15) is 20.2 Å². The number of aryl methyl sites for hydroxylation is 1. The van der Waals surface area contributed by atoms with Crippen molar-refractivity contribution in [2.45, 2.75) is 13.5 Å². The summed E-state index contributed by atoms with van der Waals surface area (Å²) >= 11 is 8.57. The first-order chi connectivity index (χ1) is 8.47. The molecule has 7 heteroatoms. The minimum atomic E-state index is -0.927. The molecule has 0 aliphatic carbocycles. The van der Waals surface area contributed by atoms with Gasteiger partial charge in [0.1, 0.15) is 4.88 Å². The number of thiophene rings is 1. The van der Waals surface area contributed by atoms with E-state index in [1.807, 2.05) is 24.1 Å². The van der Waals surface area contributed by atoms with Crippen LogP contribution in [0.4, 0.5) is 5.13 Å². The van der Waals surface area contributed by atoms with Gasteiger partial charge in [0.05, 0.1) is 16.6 Å². The highest BCUT2D eigenvalue weighted by molar-refractivity contribution is 7.17. The van der Waals surface area contributed by atoms with E-state index < -0.39 is 5.97 Å². The predicted octanol–water partition coefficient (Wildman–Crippen LogP) is 3.50. The molecule has 0 unspecified atom stereocenters. The Bertz CT molecular complexity index is 579. The third-order valence-corrected chi connectivity index (χ3v) is 4.80. The maximum Gasteiger partial charge on any atom is 0.347 e. The van der Waals surface area contributed by atoms with E-state index in [4.69, 9.17) is 16.7 Å². The third kappa shape index (κ3) is 2.82. The van der Waals surface area contributed by atoms with Gasteiger partial charge < -0.3 is 10.0 Å². The van der Waals surface area contributed by atoms with Crippen molar-refractivity contribution in [1.29, 1.82) is 0 Å². The molecule has 0 aromatic carbocycles. The van der Waals surface area contributed by atoms with Crippen molar-refractivity contribution in [1.82, 2.24) is 4.98 Å². The summed E-state index contributed by atoms with van der Waals surface area (Å²) in [5, 5.41) is 9.69. The van der Waals surface area contributed by atoms with Crippen molar-refractivity contribution in [3.63, 3.8) is 0 Å². The molecular weight excluding hydrogens is 292 g/mol. The summed E-state index contributed by atoms with van der Waals surface area (Å²) in [6.45, 7) is 2.38. The monoisotopic (exact) mass is 302 g/mol. The SMILES string of the molecule is Cc1nc(N(C)Cc2ccc(Cl)s2)sc1C(=O)O. The molecule has 2 aromatic heterocycles. The van der Waals surface area contributed by atoms with Crippen LogP contribution in [-0.2, 0) is 6.54 Å². The van der Waals surface area contributed by atoms with Gasteiger partial charge in [0.2, 0.25) is 0 Å². The number of anilines is 1. The largest absolute Gasteiger partial charge is 0.477 e. The van der Waals surface area contributed by atoms with Crippen LogP contribution >= 0.6 is 34.3 Å². The molecule has 18 heavy (non-hydrogen) atoms. The van der Waals surface area contributed by atoms with E-state index in [0.717, 1.165) is 9.21 Å². The van der Waals surface area contributed by atoms with Gasteiger partial charge in [-0.05, 0) is 19.1 Å². The standard InChI is InChI=1S/C11H11ClN2O2S2/c1-6-9(10(15)16)18-11(13-6)14(2)5-7-3-4-8(12)17-7/h3-4H,5H2,1-2H3,(H,15,16). The summed E-state index contributed by atoms with van der Waals surface area (Å²) in [5.41, 5.74) is 0.554. The molecular formula is C11H11ClN2O2S2. The molecule has 2 aromatic rings. The van der Waals surface area contributed by atoms with Crippen LogP contribution in [0.5, 0.6) is 0 Å². The number of hydrogen-bond donors (Lipinski definition) is 1. The average molecular weight is 303 g/mol. The number of aromatic nitrogens is 1. The highest BCUT2D eigenvalue weighted by Crippen LogP contribution is 2.28. The van der Waals surface area contributed by atoms with Crippen LogP contribution in [0, 0.1) is 6.92 Å². The normalized spacial score (nSPS) is 10.6. The quantitative estimate of drug-likeness (QED) is 0.939. The van der Waals surface area contributed by atoms with Gasteiger partial charge in [-0.15, -0.1) is 11.3 Å². The summed E-state index contributed by atoms with van der Waals surface area (Å²) in [6, 6.07) is 3.81. The number of halogens is 1. The van der Waals surface area contributed by atoms with E-state index in [9.17, 15) is 4.79 Å². The molecule has 96 valence electrons. The van der Waals surface area contributed by atoms with Gasteiger partial charge in [0.25, 0.3) is 0 Å². The van der Waals surface area contributed by atoms with E-state index >= 15 is 0 Å². The van der Waals surface area contributed by atoms with Crippen LogP contribution < -0.4 is 4.90 Å². The molecule has 0 saturated carbocycles. The van der Waals surface area contributed by atoms with Gasteiger partial charge in [0, 0.05) is 11.9 Å². The van der Waals surface area contributed by atoms with E-state index in [-0.39, 0.29) is 0 Å². The highest BCUT2D eigenvalue weighted by atomic mass is 35.5. The van der Waals surface area contributed by atoms with E-state index in [0.29, 0.717) is 22.2 Å². The van der Waals surface area contributed by atoms with Crippen molar-refractivity contribution in [3.05, 3.63) is 31.9 Å². The number of carboxylic acids is 1. The molecule has 0 aliphatic rings. The molecule has 0 saturated heterocycles. The molecule has 0 aliphatic heterocycles. The molecule has 0 radical (unpaired) electrons. The number of hydrogen-bond acceptors (Lipinski definition) is 5. The van der Waals surface area contributed by atoms with Crippen molar-refractivity contribution < 1.29 is 9.90 Å². The van der Waals surface area contributed by atoms with Crippen molar-refractivity contribution >= 4 is 45.4 Å². The molecule has 0 atom stereocenters. The average Bonchev–Trinajstić information content (AvgIpc) is 2.85. The van der Waals surface area contributed by atoms with Gasteiger partial charge in [0.15, 0.2) is 5.13 Å². The minimum absolute atomic E-state index is 0.293. The van der Waals surface area contributed by atoms with Crippen molar-refractivity contribution in [2.75, 3.05) is 11.9 Å². The summed E-state index contributed by atoms with van der Waals surface area (Å²) in [5.74, 6) is -0.927. The summed E-state index contributed by atoms with van der Waals surface area (Å²) in [6.07, 6.45) is 0. The maximum absolute atomic E-state index is 11.0. The van der Waals surface area contributed by atoms with E-state index in [1.54, 1.807) is 6.92 Å². The lowest BCUT2D eigenvalue weighted by molar-refractivity contribution is 0.0701. The van der Waals surface area contributed by atoms with Gasteiger partial charge in [-0.1, -0.05) is 22.9 Å². The van der Waals surface area contributed by atoms with Crippen molar-refractivity contribution in [3.8, 4) is 0 Å². The van der Waals surface area contributed by atoms with Crippen LogP contribution in [0.3, 0.4) is 0 Å². The van der Waals surface area contributed by atoms with Crippen LogP contribution in [0.25, 0.3) is 0 Å². The van der Waals surface area contributed by atoms with Crippen LogP contribution in [-0.4, -0.2) is 23.1 Å². The Balaban J connectivity index is 2.16. The fraction of sp³-hybridized carbons (Fsp3) is 0.273. The number of rotatable bonds is 4. The van der Waals surface area contributed by atoms with Gasteiger partial charge >= 0.3 is 5.97 Å². The number of carbonyl (C=O) groups is 1. The first-order valence-electron chi connectivity index (χ1n) is 5.13. The first-order valence-corrected chi connectivity index (χ1v) is 7.14. The fourth-order valence-corrected chi connectivity index (χ4v) is 3.49. The second-order valence-electron chi connectivity index (χ2n) is 3.78. The summed E-state index contributed by atoms with van der Waals surface area (Å²) in [7, 11) is 1.89. The summed E-state index contributed by atoms with van der Waals surface area (Å²) in [4.78, 5) is 18.6. The zero-order valence-corrected chi connectivity index (χ0v) is 12.2. The van der Waals surface area contributed by atoms with Gasteiger partial charge in [-0.25, -0.2) is 9.78 Å². The third-order valence-electron chi connectivity index (χ3n) is 2.33. The highest BCUT2D eigenvalue weighted by Gasteiger charge is 2.16. The number of thiazole rings is 1. The maximum atomic E-state index is 11.0. The zero-order valence-electron chi connectivity index (χ0n) is 9.81. The van der Waals surface area contributed by atoms with Crippen LogP contribution in [0.15, 0.2) is 12.1 Å². The van der Waals surface area contributed by atoms with Gasteiger partial charge in [-0.3, -0.25) is 0 Å². The Hall–Kier alpha value is -1.11. The zero-order chi connectivity index (χ0) is 13.3. The lowest BCUT2D eigenvalue weighted by atomic mass is 10.4.